The minimum absolute atomic E-state index is 0.522. The molecule has 7 heteroatoms. The lowest BCUT2D eigenvalue weighted by atomic mass is 9.94. The first-order valence-electron chi connectivity index (χ1n) is 6.37. The van der Waals surface area contributed by atoms with Crippen LogP contribution < -0.4 is 0 Å². The molecule has 0 aliphatic carbocycles. The monoisotopic (exact) mass is 436 g/mol. The number of hydrogen-bond donors (Lipinski definition) is 0. The molecule has 0 radical (unpaired) electrons. The summed E-state index contributed by atoms with van der Waals surface area (Å²) in [6.45, 7) is 1.98. The van der Waals surface area contributed by atoms with Gasteiger partial charge in [-0.15, -0.1) is 0 Å². The van der Waals surface area contributed by atoms with Crippen molar-refractivity contribution in [1.82, 2.24) is 0 Å². The highest BCUT2D eigenvalue weighted by Crippen LogP contribution is 2.61. The summed E-state index contributed by atoms with van der Waals surface area (Å²) < 4.78 is -5.92. The molecule has 0 aliphatic rings. The molecule has 2 rings (SSSR count). The van der Waals surface area contributed by atoms with Gasteiger partial charge >= 0.3 is 0 Å². The number of benzene rings is 2. The maximum absolute atomic E-state index is 6.47. The lowest BCUT2D eigenvalue weighted by Crippen LogP contribution is -2.45. The largest absolute Gasteiger partial charge is 0.226 e. The van der Waals surface area contributed by atoms with E-state index >= 15 is 0 Å². The average Bonchev–Trinajstić information content (AvgIpc) is 2.44. The molecule has 0 amide bonds. The van der Waals surface area contributed by atoms with Gasteiger partial charge in [-0.1, -0.05) is 125 Å². The summed E-state index contributed by atoms with van der Waals surface area (Å²) in [4.78, 5) is 0. The molecule has 0 saturated heterocycles. The van der Waals surface area contributed by atoms with E-state index in [2.05, 4.69) is 0 Å². The summed E-state index contributed by atoms with van der Waals surface area (Å²) in [7, 11) is 0. The van der Waals surface area contributed by atoms with Crippen LogP contribution in [0.5, 0.6) is 0 Å². The van der Waals surface area contributed by atoms with Crippen LogP contribution in [0.2, 0.25) is 0 Å². The summed E-state index contributed by atoms with van der Waals surface area (Å²) in [6, 6.07) is 11.5. The second kappa shape index (κ2) is 6.56. The third kappa shape index (κ3) is 3.14. The van der Waals surface area contributed by atoms with E-state index in [0.717, 1.165) is 16.3 Å². The van der Waals surface area contributed by atoms with Gasteiger partial charge in [0.05, 0.1) is 0 Å². The molecule has 0 bridgehead atoms. The molecule has 22 heavy (non-hydrogen) atoms. The second-order valence-corrected chi connectivity index (χ2v) is 9.75. The van der Waals surface area contributed by atoms with E-state index in [4.69, 9.17) is 81.2 Å². The standard InChI is InChI=1S/C15H11Cl7/c1-2-10-11-6-4-3-5-9(11)7-8-12(10)13(16,17)14(18,19)15(20,21)22/h3-8H,2H2,1H3. The Balaban J connectivity index is 2.73. The van der Waals surface area contributed by atoms with Gasteiger partial charge < -0.3 is 0 Å². The first-order valence-corrected chi connectivity index (χ1v) is 9.02. The van der Waals surface area contributed by atoms with Gasteiger partial charge in [-0.2, -0.15) is 0 Å². The van der Waals surface area contributed by atoms with Crippen molar-refractivity contribution in [3.63, 3.8) is 0 Å². The van der Waals surface area contributed by atoms with Crippen molar-refractivity contribution in [2.75, 3.05) is 0 Å². The average molecular weight is 439 g/mol. The fourth-order valence-electron chi connectivity index (χ4n) is 2.36. The molecular formula is C15H11Cl7. The van der Waals surface area contributed by atoms with E-state index in [-0.39, 0.29) is 0 Å². The zero-order valence-electron chi connectivity index (χ0n) is 11.3. The van der Waals surface area contributed by atoms with Gasteiger partial charge in [0.15, 0.2) is 4.33 Å². The Labute approximate surface area is 164 Å². The number of aryl methyl sites for hydroxylation is 1. The summed E-state index contributed by atoms with van der Waals surface area (Å²) in [5.41, 5.74) is 1.43. The van der Waals surface area contributed by atoms with E-state index in [9.17, 15) is 0 Å². The zero-order valence-corrected chi connectivity index (χ0v) is 16.6. The smallest absolute Gasteiger partial charge is 0.0930 e. The normalized spacial score (nSPS) is 13.6. The third-order valence-electron chi connectivity index (χ3n) is 3.48. The van der Waals surface area contributed by atoms with Crippen LogP contribution in [-0.4, -0.2) is 8.13 Å². The van der Waals surface area contributed by atoms with Crippen LogP contribution >= 0.6 is 81.2 Å². The molecule has 0 aromatic heterocycles. The SMILES string of the molecule is CCc1c(C(Cl)(Cl)C(Cl)(Cl)C(Cl)(Cl)Cl)ccc2ccccc12. The molecule has 2 aromatic rings. The second-order valence-electron chi connectivity index (χ2n) is 4.81. The van der Waals surface area contributed by atoms with Gasteiger partial charge in [0.25, 0.3) is 0 Å². The fraction of sp³-hybridized carbons (Fsp3) is 0.333. The van der Waals surface area contributed by atoms with E-state index < -0.39 is 12.5 Å². The van der Waals surface area contributed by atoms with E-state index in [1.54, 1.807) is 6.07 Å². The van der Waals surface area contributed by atoms with Crippen LogP contribution in [0.4, 0.5) is 0 Å². The van der Waals surface area contributed by atoms with Crippen LogP contribution in [0.1, 0.15) is 18.1 Å². The van der Waals surface area contributed by atoms with Crippen molar-refractivity contribution < 1.29 is 0 Å². The number of fused-ring (bicyclic) bond motifs is 1. The van der Waals surface area contributed by atoms with Crippen molar-refractivity contribution in [3.8, 4) is 0 Å². The van der Waals surface area contributed by atoms with E-state index in [1.165, 1.54) is 0 Å². The molecule has 0 unspecified atom stereocenters. The number of rotatable bonds is 3. The van der Waals surface area contributed by atoms with Crippen molar-refractivity contribution in [1.29, 1.82) is 0 Å². The van der Waals surface area contributed by atoms with Crippen molar-refractivity contribution in [2.45, 2.75) is 25.8 Å². The number of halogens is 7. The Morgan fingerprint density at radius 2 is 1.41 bits per heavy atom. The van der Waals surface area contributed by atoms with Crippen LogP contribution in [0.25, 0.3) is 10.8 Å². The van der Waals surface area contributed by atoms with Gasteiger partial charge in [0.2, 0.25) is 8.13 Å². The molecule has 0 spiro atoms. The number of hydrogen-bond acceptors (Lipinski definition) is 0. The zero-order chi connectivity index (χ0) is 16.8. The highest BCUT2D eigenvalue weighted by Gasteiger charge is 2.61. The third-order valence-corrected chi connectivity index (χ3v) is 7.41. The highest BCUT2D eigenvalue weighted by molar-refractivity contribution is 6.78. The molecular weight excluding hydrogens is 428 g/mol. The van der Waals surface area contributed by atoms with Crippen molar-refractivity contribution >= 4 is 92.0 Å². The Kier molecular flexibility index (Phi) is 5.68. The summed E-state index contributed by atoms with van der Waals surface area (Å²) in [5, 5.41) is 2.05. The van der Waals surface area contributed by atoms with Crippen molar-refractivity contribution in [3.05, 3.63) is 47.5 Å². The topological polar surface area (TPSA) is 0 Å². The van der Waals surface area contributed by atoms with Crippen LogP contribution in [0.3, 0.4) is 0 Å². The highest BCUT2D eigenvalue weighted by atomic mass is 35.6. The summed E-state index contributed by atoms with van der Waals surface area (Å²) in [5.74, 6) is 0. The predicted molar refractivity (Wildman–Crippen MR) is 101 cm³/mol. The van der Waals surface area contributed by atoms with Crippen LogP contribution in [-0.2, 0) is 10.8 Å². The summed E-state index contributed by atoms with van der Waals surface area (Å²) >= 11 is 43.0. The predicted octanol–water partition coefficient (Wildman–Crippen LogP) is 7.58. The van der Waals surface area contributed by atoms with Gasteiger partial charge in [-0.05, 0) is 28.3 Å². The number of alkyl halides is 7. The Hall–Kier alpha value is 0.730. The van der Waals surface area contributed by atoms with Gasteiger partial charge in [-0.25, -0.2) is 0 Å². The molecule has 0 fully saturated rings. The molecule has 0 nitrogen and oxygen atoms in total. The molecule has 120 valence electrons. The Bertz CT molecular complexity index is 686. The first-order chi connectivity index (χ1) is 10.0. The maximum atomic E-state index is 6.47. The molecule has 0 N–H and O–H groups in total. The van der Waals surface area contributed by atoms with E-state index in [0.29, 0.717) is 12.0 Å². The lowest BCUT2D eigenvalue weighted by molar-refractivity contribution is 0.693. The lowest BCUT2D eigenvalue weighted by Gasteiger charge is -2.39. The van der Waals surface area contributed by atoms with Gasteiger partial charge in [-0.3, -0.25) is 0 Å². The maximum Gasteiger partial charge on any atom is 0.226 e. The van der Waals surface area contributed by atoms with E-state index in [1.807, 2.05) is 37.3 Å². The molecule has 2 aromatic carbocycles. The Morgan fingerprint density at radius 3 is 1.95 bits per heavy atom. The van der Waals surface area contributed by atoms with Crippen LogP contribution in [0.15, 0.2) is 36.4 Å². The molecule has 0 heterocycles. The molecule has 0 atom stereocenters. The molecule has 0 saturated carbocycles. The molecule has 0 aliphatic heterocycles. The van der Waals surface area contributed by atoms with Gasteiger partial charge in [0, 0.05) is 0 Å². The fourth-order valence-corrected chi connectivity index (χ4v) is 3.91. The quantitative estimate of drug-likeness (QED) is 0.433. The van der Waals surface area contributed by atoms with Gasteiger partial charge in [0.1, 0.15) is 0 Å². The van der Waals surface area contributed by atoms with Crippen LogP contribution in [0, 0.1) is 0 Å². The Morgan fingerprint density at radius 1 is 0.818 bits per heavy atom. The minimum atomic E-state index is -2.07. The first kappa shape index (κ1) is 19.1. The van der Waals surface area contributed by atoms with Crippen molar-refractivity contribution in [2.24, 2.45) is 0 Å². The minimum Gasteiger partial charge on any atom is -0.0930 e. The summed E-state index contributed by atoms with van der Waals surface area (Å²) in [6.07, 6.45) is 0.668.